The van der Waals surface area contributed by atoms with Gasteiger partial charge in [0.25, 0.3) is 11.8 Å². The topological polar surface area (TPSA) is 97.6 Å². The van der Waals surface area contributed by atoms with E-state index in [9.17, 15) is 9.59 Å². The lowest BCUT2D eigenvalue weighted by Gasteiger charge is -2.30. The van der Waals surface area contributed by atoms with Gasteiger partial charge in [0.15, 0.2) is 0 Å². The van der Waals surface area contributed by atoms with Crippen molar-refractivity contribution in [1.82, 2.24) is 14.9 Å². The smallest absolute Gasteiger partial charge is 0.275 e. The molecule has 0 aliphatic heterocycles. The summed E-state index contributed by atoms with van der Waals surface area (Å²) in [6, 6.07) is 17.0. The van der Waals surface area contributed by atoms with Crippen LogP contribution < -0.4 is 10.1 Å². The third-order valence-electron chi connectivity index (χ3n) is 5.26. The van der Waals surface area contributed by atoms with Gasteiger partial charge in [-0.05, 0) is 48.9 Å². The van der Waals surface area contributed by atoms with E-state index in [1.807, 2.05) is 31.2 Å². The van der Waals surface area contributed by atoms with E-state index in [4.69, 9.17) is 9.15 Å². The molecule has 8 nitrogen and oxygen atoms in total. The standard InChI is InChI=1S/C26H24N4O4/c1-18-5-7-19(8-6-18)24(25(31)29-20-9-11-21(33-2)12-10-20)30(17-22-4-3-15-34-22)26(32)23-16-27-13-14-28-23/h3-16,24H,17H2,1-2H3,(H,29,31)/t24-/m0/s1. The number of carbonyl (C=O) groups is 2. The normalized spacial score (nSPS) is 11.5. The Balaban J connectivity index is 1.74. The number of aryl methyl sites for hydroxylation is 1. The maximum absolute atomic E-state index is 13.7. The fourth-order valence-corrected chi connectivity index (χ4v) is 3.51. The number of nitrogens with zero attached hydrogens (tertiary/aromatic N) is 3. The molecule has 0 radical (unpaired) electrons. The molecule has 172 valence electrons. The second-order valence-corrected chi connectivity index (χ2v) is 7.63. The number of anilines is 1. The van der Waals surface area contributed by atoms with Crippen molar-refractivity contribution in [2.24, 2.45) is 0 Å². The molecule has 4 aromatic rings. The average Bonchev–Trinajstić information content (AvgIpc) is 3.38. The molecule has 4 rings (SSSR count). The first-order valence-electron chi connectivity index (χ1n) is 10.7. The van der Waals surface area contributed by atoms with Crippen LogP contribution in [0.5, 0.6) is 5.75 Å². The summed E-state index contributed by atoms with van der Waals surface area (Å²) in [5.41, 5.74) is 2.40. The first-order valence-corrected chi connectivity index (χ1v) is 10.7. The lowest BCUT2D eigenvalue weighted by molar-refractivity contribution is -0.121. The number of carbonyl (C=O) groups excluding carboxylic acids is 2. The highest BCUT2D eigenvalue weighted by Crippen LogP contribution is 2.28. The van der Waals surface area contributed by atoms with E-state index < -0.39 is 11.9 Å². The number of rotatable bonds is 8. The van der Waals surface area contributed by atoms with E-state index in [0.717, 1.165) is 5.56 Å². The molecule has 0 fully saturated rings. The molecule has 1 atom stereocenters. The van der Waals surface area contributed by atoms with Crippen molar-refractivity contribution in [3.63, 3.8) is 0 Å². The van der Waals surface area contributed by atoms with Crippen molar-refractivity contribution in [3.8, 4) is 5.75 Å². The third kappa shape index (κ3) is 5.29. The molecule has 0 bridgehead atoms. The molecule has 2 aromatic carbocycles. The minimum absolute atomic E-state index is 0.0665. The van der Waals surface area contributed by atoms with Crippen molar-refractivity contribution in [2.45, 2.75) is 19.5 Å². The van der Waals surface area contributed by atoms with Crippen molar-refractivity contribution in [3.05, 3.63) is 108 Å². The van der Waals surface area contributed by atoms with E-state index in [0.29, 0.717) is 22.8 Å². The summed E-state index contributed by atoms with van der Waals surface area (Å²) in [6.45, 7) is 2.03. The fraction of sp³-hybridized carbons (Fsp3) is 0.154. The fourth-order valence-electron chi connectivity index (χ4n) is 3.51. The first kappa shape index (κ1) is 22.7. The van der Waals surface area contributed by atoms with Crippen LogP contribution in [-0.4, -0.2) is 33.8 Å². The van der Waals surface area contributed by atoms with E-state index in [1.54, 1.807) is 43.5 Å². The number of nitrogens with one attached hydrogen (secondary N) is 1. The summed E-state index contributed by atoms with van der Waals surface area (Å²) < 4.78 is 10.7. The summed E-state index contributed by atoms with van der Waals surface area (Å²) in [5.74, 6) is 0.384. The molecule has 2 amide bonds. The quantitative estimate of drug-likeness (QED) is 0.422. The van der Waals surface area contributed by atoms with Crippen molar-refractivity contribution >= 4 is 17.5 Å². The number of furan rings is 1. The lowest BCUT2D eigenvalue weighted by atomic mass is 10.0. The molecule has 0 saturated carbocycles. The van der Waals surface area contributed by atoms with E-state index >= 15 is 0 Å². The Morgan fingerprint density at radius 3 is 2.44 bits per heavy atom. The number of hydrogen-bond donors (Lipinski definition) is 1. The van der Waals surface area contributed by atoms with Gasteiger partial charge in [-0.2, -0.15) is 0 Å². The van der Waals surface area contributed by atoms with Crippen LogP contribution in [0.25, 0.3) is 0 Å². The second-order valence-electron chi connectivity index (χ2n) is 7.63. The Morgan fingerprint density at radius 1 is 1.06 bits per heavy atom. The Morgan fingerprint density at radius 2 is 1.82 bits per heavy atom. The molecule has 8 heteroatoms. The van der Waals surface area contributed by atoms with Gasteiger partial charge in [-0.1, -0.05) is 29.8 Å². The molecule has 2 aromatic heterocycles. The Labute approximate surface area is 197 Å². The van der Waals surface area contributed by atoms with Gasteiger partial charge >= 0.3 is 0 Å². The van der Waals surface area contributed by atoms with E-state index in [2.05, 4.69) is 15.3 Å². The minimum Gasteiger partial charge on any atom is -0.497 e. The molecule has 2 heterocycles. The zero-order valence-corrected chi connectivity index (χ0v) is 18.8. The minimum atomic E-state index is -0.956. The summed E-state index contributed by atoms with van der Waals surface area (Å²) >= 11 is 0. The number of amides is 2. The van der Waals surface area contributed by atoms with Gasteiger partial charge < -0.3 is 19.4 Å². The van der Waals surface area contributed by atoms with Crippen LogP contribution in [0.2, 0.25) is 0 Å². The highest BCUT2D eigenvalue weighted by molar-refractivity contribution is 6.00. The number of hydrogen-bond acceptors (Lipinski definition) is 6. The van der Waals surface area contributed by atoms with Gasteiger partial charge in [0.1, 0.15) is 23.2 Å². The largest absolute Gasteiger partial charge is 0.497 e. The second kappa shape index (κ2) is 10.4. The number of benzene rings is 2. The van der Waals surface area contributed by atoms with Crippen LogP contribution in [0.3, 0.4) is 0 Å². The molecular weight excluding hydrogens is 432 g/mol. The van der Waals surface area contributed by atoms with Crippen LogP contribution in [-0.2, 0) is 11.3 Å². The van der Waals surface area contributed by atoms with Gasteiger partial charge in [0.2, 0.25) is 0 Å². The van der Waals surface area contributed by atoms with Gasteiger partial charge in [0, 0.05) is 18.1 Å². The summed E-state index contributed by atoms with van der Waals surface area (Å²) in [6.07, 6.45) is 5.84. The van der Waals surface area contributed by atoms with Crippen LogP contribution in [0.1, 0.15) is 33.4 Å². The summed E-state index contributed by atoms with van der Waals surface area (Å²) in [4.78, 5) is 36.8. The SMILES string of the molecule is COc1ccc(NC(=O)[C@H](c2ccc(C)cc2)N(Cc2ccco2)C(=O)c2cnccn2)cc1. The monoisotopic (exact) mass is 456 g/mol. The molecule has 0 unspecified atom stereocenters. The van der Waals surface area contributed by atoms with Gasteiger partial charge in [-0.25, -0.2) is 4.98 Å². The number of aromatic nitrogens is 2. The Hall–Kier alpha value is -4.46. The predicted molar refractivity (Wildman–Crippen MR) is 126 cm³/mol. The highest BCUT2D eigenvalue weighted by atomic mass is 16.5. The molecule has 0 aliphatic rings. The van der Waals surface area contributed by atoms with Crippen LogP contribution >= 0.6 is 0 Å². The Bertz CT molecular complexity index is 1220. The lowest BCUT2D eigenvalue weighted by Crippen LogP contribution is -2.41. The average molecular weight is 457 g/mol. The van der Waals surface area contributed by atoms with Crippen molar-refractivity contribution in [1.29, 1.82) is 0 Å². The van der Waals surface area contributed by atoms with Crippen molar-refractivity contribution < 1.29 is 18.7 Å². The number of methoxy groups -OCH3 is 1. The highest BCUT2D eigenvalue weighted by Gasteiger charge is 2.33. The van der Waals surface area contributed by atoms with Crippen LogP contribution in [0, 0.1) is 6.92 Å². The van der Waals surface area contributed by atoms with Crippen molar-refractivity contribution in [2.75, 3.05) is 12.4 Å². The third-order valence-corrected chi connectivity index (χ3v) is 5.26. The van der Waals surface area contributed by atoms with Gasteiger partial charge in [0.05, 0.1) is 26.1 Å². The van der Waals surface area contributed by atoms with Crippen LogP contribution in [0.4, 0.5) is 5.69 Å². The van der Waals surface area contributed by atoms with Crippen LogP contribution in [0.15, 0.2) is 89.9 Å². The van der Waals surface area contributed by atoms with E-state index in [1.165, 1.54) is 29.8 Å². The zero-order chi connectivity index (χ0) is 23.9. The molecule has 0 aliphatic carbocycles. The van der Waals surface area contributed by atoms with Gasteiger partial charge in [-0.15, -0.1) is 0 Å². The Kier molecular flexibility index (Phi) is 6.98. The molecular formula is C26H24N4O4. The predicted octanol–water partition coefficient (Wildman–Crippen LogP) is 4.41. The van der Waals surface area contributed by atoms with Gasteiger partial charge in [-0.3, -0.25) is 14.6 Å². The summed E-state index contributed by atoms with van der Waals surface area (Å²) in [5, 5.41) is 2.92. The maximum Gasteiger partial charge on any atom is 0.275 e. The maximum atomic E-state index is 13.7. The molecule has 34 heavy (non-hydrogen) atoms. The molecule has 0 saturated heterocycles. The summed E-state index contributed by atoms with van der Waals surface area (Å²) in [7, 11) is 1.58. The zero-order valence-electron chi connectivity index (χ0n) is 18.8. The van der Waals surface area contributed by atoms with E-state index in [-0.39, 0.29) is 18.1 Å². The number of ether oxygens (including phenoxy) is 1. The molecule has 1 N–H and O–H groups in total. The first-order chi connectivity index (χ1) is 16.5. The molecule has 0 spiro atoms.